The number of aliphatic carboxylic acids is 1. The van der Waals surface area contributed by atoms with Crippen LogP contribution in [0, 0.1) is 0 Å². The third-order valence-corrected chi connectivity index (χ3v) is 4.42. The zero-order chi connectivity index (χ0) is 25.7. The van der Waals surface area contributed by atoms with E-state index in [1.807, 2.05) is 0 Å². The Kier molecular flexibility index (Phi) is 27.8. The van der Waals surface area contributed by atoms with E-state index in [0.29, 0.717) is 92.3 Å². The summed E-state index contributed by atoms with van der Waals surface area (Å²) < 4.78 is 42.4. The van der Waals surface area contributed by atoms with E-state index in [2.05, 4.69) is 6.92 Å². The first-order chi connectivity index (χ1) is 17.2. The lowest BCUT2D eigenvalue weighted by atomic mass is 10.2. The molecule has 1 N–H and O–H groups in total. The Morgan fingerprint density at radius 1 is 0.486 bits per heavy atom. The SMILES string of the molecule is CCCCCCC(=O)OCCOCCOCCOCCOCCOCCOCCOCCC(=O)O. The van der Waals surface area contributed by atoms with E-state index in [1.54, 1.807) is 0 Å². The number of carboxylic acids is 1. The molecule has 0 saturated carbocycles. The molecule has 0 aromatic heterocycles. The minimum Gasteiger partial charge on any atom is -0.481 e. The number of rotatable bonds is 29. The molecule has 0 spiro atoms. The van der Waals surface area contributed by atoms with Gasteiger partial charge in [0, 0.05) is 6.42 Å². The van der Waals surface area contributed by atoms with Crippen molar-refractivity contribution in [2.45, 2.75) is 45.4 Å². The van der Waals surface area contributed by atoms with Gasteiger partial charge in [0.1, 0.15) is 6.61 Å². The summed E-state index contributed by atoms with van der Waals surface area (Å²) in [5.74, 6) is -1.03. The van der Waals surface area contributed by atoms with E-state index in [9.17, 15) is 9.59 Å². The minimum atomic E-state index is -0.874. The fourth-order valence-electron chi connectivity index (χ4n) is 2.56. The number of carbonyl (C=O) groups excluding carboxylic acids is 1. The first-order valence-corrected chi connectivity index (χ1v) is 12.6. The second-order valence-corrected chi connectivity index (χ2v) is 7.46. The highest BCUT2D eigenvalue weighted by atomic mass is 16.6. The van der Waals surface area contributed by atoms with Crippen molar-refractivity contribution in [3.05, 3.63) is 0 Å². The van der Waals surface area contributed by atoms with Crippen LogP contribution < -0.4 is 0 Å². The highest BCUT2D eigenvalue weighted by Crippen LogP contribution is 2.03. The summed E-state index contributed by atoms with van der Waals surface area (Å²) in [5.41, 5.74) is 0. The van der Waals surface area contributed by atoms with Crippen LogP contribution >= 0.6 is 0 Å². The Bertz CT molecular complexity index is 463. The van der Waals surface area contributed by atoms with Crippen molar-refractivity contribution in [3.8, 4) is 0 Å². The van der Waals surface area contributed by atoms with Gasteiger partial charge in [-0.1, -0.05) is 26.2 Å². The molecule has 0 fully saturated rings. The van der Waals surface area contributed by atoms with Gasteiger partial charge in [-0.05, 0) is 6.42 Å². The van der Waals surface area contributed by atoms with Crippen molar-refractivity contribution in [3.63, 3.8) is 0 Å². The fourth-order valence-corrected chi connectivity index (χ4v) is 2.56. The average Bonchev–Trinajstić information content (AvgIpc) is 2.84. The van der Waals surface area contributed by atoms with Gasteiger partial charge >= 0.3 is 11.9 Å². The van der Waals surface area contributed by atoms with Gasteiger partial charge in [0.15, 0.2) is 0 Å². The molecular formula is C24H46O11. The van der Waals surface area contributed by atoms with Crippen LogP contribution in [0.2, 0.25) is 0 Å². The van der Waals surface area contributed by atoms with Gasteiger partial charge in [-0.2, -0.15) is 0 Å². The van der Waals surface area contributed by atoms with Gasteiger partial charge in [0.05, 0.1) is 98.9 Å². The van der Waals surface area contributed by atoms with Gasteiger partial charge < -0.3 is 43.0 Å². The molecule has 35 heavy (non-hydrogen) atoms. The van der Waals surface area contributed by atoms with Crippen molar-refractivity contribution < 1.29 is 52.6 Å². The zero-order valence-corrected chi connectivity index (χ0v) is 21.4. The van der Waals surface area contributed by atoms with Gasteiger partial charge in [0.2, 0.25) is 0 Å². The Balaban J connectivity index is 3.09. The first kappa shape index (κ1) is 33.7. The van der Waals surface area contributed by atoms with Crippen molar-refractivity contribution >= 4 is 11.9 Å². The average molecular weight is 511 g/mol. The first-order valence-electron chi connectivity index (χ1n) is 12.6. The highest BCUT2D eigenvalue weighted by molar-refractivity contribution is 5.69. The molecule has 0 aliphatic rings. The molecule has 0 aliphatic heterocycles. The van der Waals surface area contributed by atoms with Crippen LogP contribution in [0.1, 0.15) is 45.4 Å². The molecule has 0 saturated heterocycles. The van der Waals surface area contributed by atoms with E-state index in [-0.39, 0.29) is 25.6 Å². The smallest absolute Gasteiger partial charge is 0.305 e. The normalized spacial score (nSPS) is 11.1. The molecule has 11 nitrogen and oxygen atoms in total. The molecule has 208 valence electrons. The summed E-state index contributed by atoms with van der Waals surface area (Å²) in [6.45, 7) is 8.44. The second-order valence-electron chi connectivity index (χ2n) is 7.46. The molecule has 0 aromatic rings. The third kappa shape index (κ3) is 30.6. The summed E-state index contributed by atoms with van der Waals surface area (Å²) in [6, 6.07) is 0. The number of carbonyl (C=O) groups is 2. The van der Waals surface area contributed by atoms with E-state index in [0.717, 1.165) is 25.7 Å². The Morgan fingerprint density at radius 3 is 1.23 bits per heavy atom. The standard InChI is InChI=1S/C24H46O11/c1-2-3-4-5-6-24(27)35-22-21-34-20-19-33-18-17-32-16-15-31-14-13-30-12-11-29-10-9-28-8-7-23(25)26/h2-22H2,1H3,(H,25,26). The number of ether oxygens (including phenoxy) is 8. The number of carboxylic acid groups (broad SMARTS) is 1. The molecular weight excluding hydrogens is 464 g/mol. The summed E-state index contributed by atoms with van der Waals surface area (Å²) in [6.07, 6.45) is 4.74. The molecule has 0 amide bonds. The molecule has 0 unspecified atom stereocenters. The topological polar surface area (TPSA) is 128 Å². The molecule has 0 aliphatic carbocycles. The number of hydrogen-bond acceptors (Lipinski definition) is 10. The molecule has 11 heteroatoms. The molecule has 0 aromatic carbocycles. The Hall–Kier alpha value is -1.34. The van der Waals surface area contributed by atoms with Gasteiger partial charge in [-0.3, -0.25) is 9.59 Å². The molecule has 0 bridgehead atoms. The predicted molar refractivity (Wildman–Crippen MR) is 128 cm³/mol. The quantitative estimate of drug-likeness (QED) is 0.117. The van der Waals surface area contributed by atoms with Crippen LogP contribution in [-0.4, -0.2) is 116 Å². The van der Waals surface area contributed by atoms with E-state index >= 15 is 0 Å². The molecule has 0 rings (SSSR count). The van der Waals surface area contributed by atoms with Crippen molar-refractivity contribution in [1.29, 1.82) is 0 Å². The summed E-state index contributed by atoms with van der Waals surface area (Å²) in [4.78, 5) is 21.8. The van der Waals surface area contributed by atoms with Gasteiger partial charge in [-0.15, -0.1) is 0 Å². The van der Waals surface area contributed by atoms with E-state index < -0.39 is 5.97 Å². The minimum absolute atomic E-state index is 0.00113. The van der Waals surface area contributed by atoms with Crippen LogP contribution in [0.15, 0.2) is 0 Å². The maximum absolute atomic E-state index is 11.5. The lowest BCUT2D eigenvalue weighted by molar-refractivity contribution is -0.145. The molecule has 0 heterocycles. The largest absolute Gasteiger partial charge is 0.481 e. The van der Waals surface area contributed by atoms with Crippen LogP contribution in [0.5, 0.6) is 0 Å². The van der Waals surface area contributed by atoms with Crippen LogP contribution in [-0.2, 0) is 47.5 Å². The predicted octanol–water partition coefficient (Wildman–Crippen LogP) is 2.09. The number of unbranched alkanes of at least 4 members (excludes halogenated alkanes) is 3. The third-order valence-electron chi connectivity index (χ3n) is 4.42. The number of esters is 1. The maximum Gasteiger partial charge on any atom is 0.305 e. The van der Waals surface area contributed by atoms with Gasteiger partial charge in [0.25, 0.3) is 0 Å². The summed E-state index contributed by atoms with van der Waals surface area (Å²) >= 11 is 0. The van der Waals surface area contributed by atoms with Crippen molar-refractivity contribution in [2.24, 2.45) is 0 Å². The van der Waals surface area contributed by atoms with Crippen molar-refractivity contribution in [2.75, 3.05) is 99.1 Å². The van der Waals surface area contributed by atoms with Crippen LogP contribution in [0.4, 0.5) is 0 Å². The van der Waals surface area contributed by atoms with Crippen LogP contribution in [0.25, 0.3) is 0 Å². The monoisotopic (exact) mass is 510 g/mol. The molecule has 0 atom stereocenters. The summed E-state index contributed by atoms with van der Waals surface area (Å²) in [5, 5.41) is 8.46. The van der Waals surface area contributed by atoms with Crippen molar-refractivity contribution in [1.82, 2.24) is 0 Å². The lowest BCUT2D eigenvalue weighted by Crippen LogP contribution is -2.15. The Labute approximate surface area is 209 Å². The van der Waals surface area contributed by atoms with E-state index in [1.165, 1.54) is 0 Å². The second kappa shape index (κ2) is 28.9. The number of hydrogen-bond donors (Lipinski definition) is 1. The van der Waals surface area contributed by atoms with Gasteiger partial charge in [-0.25, -0.2) is 0 Å². The Morgan fingerprint density at radius 2 is 0.857 bits per heavy atom. The van der Waals surface area contributed by atoms with Crippen LogP contribution in [0.3, 0.4) is 0 Å². The highest BCUT2D eigenvalue weighted by Gasteiger charge is 2.02. The molecule has 0 radical (unpaired) electrons. The summed E-state index contributed by atoms with van der Waals surface area (Å²) in [7, 11) is 0. The van der Waals surface area contributed by atoms with E-state index in [4.69, 9.17) is 43.0 Å². The zero-order valence-electron chi connectivity index (χ0n) is 21.4. The fraction of sp³-hybridized carbons (Fsp3) is 0.917. The lowest BCUT2D eigenvalue weighted by Gasteiger charge is -2.08. The maximum atomic E-state index is 11.5.